The summed E-state index contributed by atoms with van der Waals surface area (Å²) in [6.45, 7) is 9.28. The van der Waals surface area contributed by atoms with Gasteiger partial charge in [-0.15, -0.1) is 0 Å². The standard InChI is InChI=1S/C12H22N2O3/c1-9-6-14(8-12(2,3)17-9)11(15)10-7-16-5-4-13-10/h9-10,13H,4-8H2,1-3H3/t9-,10-/m1/s1. The van der Waals surface area contributed by atoms with Gasteiger partial charge in [-0.2, -0.15) is 0 Å². The molecule has 2 fully saturated rings. The van der Waals surface area contributed by atoms with E-state index in [2.05, 4.69) is 5.32 Å². The summed E-state index contributed by atoms with van der Waals surface area (Å²) in [4.78, 5) is 14.2. The summed E-state index contributed by atoms with van der Waals surface area (Å²) in [7, 11) is 0. The number of hydrogen-bond donors (Lipinski definition) is 1. The molecule has 2 aliphatic heterocycles. The molecule has 2 heterocycles. The molecule has 1 amide bonds. The van der Waals surface area contributed by atoms with Crippen molar-refractivity contribution < 1.29 is 14.3 Å². The van der Waals surface area contributed by atoms with Gasteiger partial charge in [0, 0.05) is 19.6 Å². The van der Waals surface area contributed by atoms with E-state index in [4.69, 9.17) is 9.47 Å². The largest absolute Gasteiger partial charge is 0.378 e. The maximum Gasteiger partial charge on any atom is 0.242 e. The topological polar surface area (TPSA) is 50.8 Å². The van der Waals surface area contributed by atoms with Crippen LogP contribution >= 0.6 is 0 Å². The molecule has 2 atom stereocenters. The number of nitrogens with zero attached hydrogens (tertiary/aromatic N) is 1. The van der Waals surface area contributed by atoms with Crippen molar-refractivity contribution in [2.45, 2.75) is 38.5 Å². The third-order valence-corrected chi connectivity index (χ3v) is 3.10. The summed E-state index contributed by atoms with van der Waals surface area (Å²) in [5.74, 6) is 0.132. The Bertz CT molecular complexity index is 287. The third-order valence-electron chi connectivity index (χ3n) is 3.10. The van der Waals surface area contributed by atoms with Crippen LogP contribution in [-0.2, 0) is 14.3 Å². The van der Waals surface area contributed by atoms with Crippen molar-refractivity contribution in [3.05, 3.63) is 0 Å². The smallest absolute Gasteiger partial charge is 0.242 e. The first-order valence-corrected chi connectivity index (χ1v) is 6.26. The van der Waals surface area contributed by atoms with Gasteiger partial charge in [-0.3, -0.25) is 4.79 Å². The molecule has 0 aromatic heterocycles. The number of amides is 1. The number of carbonyl (C=O) groups excluding carboxylic acids is 1. The minimum absolute atomic E-state index is 0.0900. The molecule has 0 aromatic rings. The zero-order valence-corrected chi connectivity index (χ0v) is 10.9. The quantitative estimate of drug-likeness (QED) is 0.703. The number of morpholine rings is 2. The second-order valence-corrected chi connectivity index (χ2v) is 5.49. The molecule has 17 heavy (non-hydrogen) atoms. The molecule has 2 aliphatic rings. The Morgan fingerprint density at radius 1 is 1.47 bits per heavy atom. The van der Waals surface area contributed by atoms with Crippen molar-refractivity contribution in [3.8, 4) is 0 Å². The Balaban J connectivity index is 1.98. The van der Waals surface area contributed by atoms with Gasteiger partial charge in [0.15, 0.2) is 0 Å². The normalized spacial score (nSPS) is 33.5. The monoisotopic (exact) mass is 242 g/mol. The summed E-state index contributed by atoms with van der Waals surface area (Å²) in [5.41, 5.74) is -0.261. The Labute approximate surface area is 102 Å². The van der Waals surface area contributed by atoms with Crippen LogP contribution in [0, 0.1) is 0 Å². The molecule has 5 heteroatoms. The average Bonchev–Trinajstić information content (AvgIpc) is 2.26. The average molecular weight is 242 g/mol. The van der Waals surface area contributed by atoms with Gasteiger partial charge >= 0.3 is 0 Å². The van der Waals surface area contributed by atoms with Crippen molar-refractivity contribution in [3.63, 3.8) is 0 Å². The van der Waals surface area contributed by atoms with Gasteiger partial charge in [-0.1, -0.05) is 0 Å². The van der Waals surface area contributed by atoms with E-state index < -0.39 is 0 Å². The highest BCUT2D eigenvalue weighted by Gasteiger charge is 2.36. The van der Waals surface area contributed by atoms with Crippen molar-refractivity contribution in [1.29, 1.82) is 0 Å². The van der Waals surface area contributed by atoms with Gasteiger partial charge in [0.25, 0.3) is 0 Å². The second-order valence-electron chi connectivity index (χ2n) is 5.49. The van der Waals surface area contributed by atoms with Gasteiger partial charge in [0.1, 0.15) is 6.04 Å². The van der Waals surface area contributed by atoms with Crippen molar-refractivity contribution >= 4 is 5.91 Å². The van der Waals surface area contributed by atoms with Crippen LogP contribution in [0.5, 0.6) is 0 Å². The number of hydrogen-bond acceptors (Lipinski definition) is 4. The minimum atomic E-state index is -0.261. The van der Waals surface area contributed by atoms with Gasteiger partial charge in [-0.05, 0) is 20.8 Å². The van der Waals surface area contributed by atoms with Crippen LogP contribution < -0.4 is 5.32 Å². The van der Waals surface area contributed by atoms with Crippen LogP contribution in [0.1, 0.15) is 20.8 Å². The molecule has 0 spiro atoms. The molecule has 0 radical (unpaired) electrons. The second kappa shape index (κ2) is 4.92. The summed E-state index contributed by atoms with van der Waals surface area (Å²) in [6.07, 6.45) is 0.0900. The van der Waals surface area contributed by atoms with Crippen molar-refractivity contribution in [2.24, 2.45) is 0 Å². The summed E-state index contributed by atoms with van der Waals surface area (Å²) in [5, 5.41) is 3.20. The summed E-state index contributed by atoms with van der Waals surface area (Å²) < 4.78 is 11.1. The molecule has 2 rings (SSSR count). The molecule has 0 saturated carbocycles. The highest BCUT2D eigenvalue weighted by atomic mass is 16.5. The van der Waals surface area contributed by atoms with Crippen LogP contribution in [0.25, 0.3) is 0 Å². The van der Waals surface area contributed by atoms with E-state index in [0.717, 1.165) is 6.54 Å². The van der Waals surface area contributed by atoms with Crippen LogP contribution in [0.2, 0.25) is 0 Å². The molecule has 0 aromatic carbocycles. The molecule has 1 N–H and O–H groups in total. The fourth-order valence-corrected chi connectivity index (χ4v) is 2.57. The van der Waals surface area contributed by atoms with Crippen LogP contribution in [-0.4, -0.2) is 61.4 Å². The lowest BCUT2D eigenvalue weighted by Gasteiger charge is -2.43. The van der Waals surface area contributed by atoms with E-state index in [1.54, 1.807) is 0 Å². The molecular formula is C12H22N2O3. The molecule has 2 saturated heterocycles. The first-order chi connectivity index (χ1) is 7.98. The van der Waals surface area contributed by atoms with Gasteiger partial charge in [0.2, 0.25) is 5.91 Å². The molecule has 0 unspecified atom stereocenters. The van der Waals surface area contributed by atoms with E-state index in [0.29, 0.717) is 26.3 Å². The van der Waals surface area contributed by atoms with Gasteiger partial charge in [0.05, 0.1) is 24.9 Å². The Morgan fingerprint density at radius 3 is 2.82 bits per heavy atom. The molecule has 98 valence electrons. The Morgan fingerprint density at radius 2 is 2.24 bits per heavy atom. The minimum Gasteiger partial charge on any atom is -0.378 e. The molecule has 5 nitrogen and oxygen atoms in total. The lowest BCUT2D eigenvalue weighted by Crippen LogP contribution is -2.59. The van der Waals surface area contributed by atoms with E-state index in [1.807, 2.05) is 25.7 Å². The van der Waals surface area contributed by atoms with E-state index in [-0.39, 0.29) is 23.7 Å². The number of rotatable bonds is 1. The molecule has 0 bridgehead atoms. The SMILES string of the molecule is C[C@@H]1CN(C(=O)[C@H]2COCCN2)CC(C)(C)O1. The predicted octanol–water partition coefficient (Wildman–Crippen LogP) is 0.000700. The summed E-state index contributed by atoms with van der Waals surface area (Å²) in [6, 6.07) is -0.190. The fourth-order valence-electron chi connectivity index (χ4n) is 2.57. The van der Waals surface area contributed by atoms with Crippen LogP contribution in [0.4, 0.5) is 0 Å². The van der Waals surface area contributed by atoms with Crippen molar-refractivity contribution in [2.75, 3.05) is 32.8 Å². The van der Waals surface area contributed by atoms with Crippen LogP contribution in [0.3, 0.4) is 0 Å². The first-order valence-electron chi connectivity index (χ1n) is 6.26. The van der Waals surface area contributed by atoms with Crippen LogP contribution in [0.15, 0.2) is 0 Å². The maximum atomic E-state index is 12.3. The maximum absolute atomic E-state index is 12.3. The zero-order chi connectivity index (χ0) is 12.5. The lowest BCUT2D eigenvalue weighted by atomic mass is 10.0. The highest BCUT2D eigenvalue weighted by Crippen LogP contribution is 2.21. The predicted molar refractivity (Wildman–Crippen MR) is 63.8 cm³/mol. The number of carbonyl (C=O) groups is 1. The first kappa shape index (κ1) is 12.8. The summed E-state index contributed by atoms with van der Waals surface area (Å²) >= 11 is 0. The molecular weight excluding hydrogens is 220 g/mol. The van der Waals surface area contributed by atoms with E-state index in [1.165, 1.54) is 0 Å². The number of nitrogens with one attached hydrogen (secondary N) is 1. The van der Waals surface area contributed by atoms with E-state index >= 15 is 0 Å². The fraction of sp³-hybridized carbons (Fsp3) is 0.917. The zero-order valence-electron chi connectivity index (χ0n) is 10.9. The van der Waals surface area contributed by atoms with Gasteiger partial charge in [-0.25, -0.2) is 0 Å². The van der Waals surface area contributed by atoms with E-state index in [9.17, 15) is 4.79 Å². The molecule has 0 aliphatic carbocycles. The van der Waals surface area contributed by atoms with Crippen molar-refractivity contribution in [1.82, 2.24) is 10.2 Å². The highest BCUT2D eigenvalue weighted by molar-refractivity contribution is 5.82. The lowest BCUT2D eigenvalue weighted by molar-refractivity contribution is -0.162. The van der Waals surface area contributed by atoms with Gasteiger partial charge < -0.3 is 19.7 Å². The Hall–Kier alpha value is -0.650. The third kappa shape index (κ3) is 3.18. The number of ether oxygens (including phenoxy) is 2. The Kier molecular flexibility index (Phi) is 3.70.